The molecule has 1 unspecified atom stereocenters. The van der Waals surface area contributed by atoms with Crippen LogP contribution in [0.1, 0.15) is 39.9 Å². The van der Waals surface area contributed by atoms with Crippen LogP contribution >= 0.6 is 11.5 Å². The van der Waals surface area contributed by atoms with E-state index in [-0.39, 0.29) is 11.0 Å². The largest absolute Gasteiger partial charge is 0.354 e. The second-order valence-electron chi connectivity index (χ2n) is 5.79. The summed E-state index contributed by atoms with van der Waals surface area (Å²) < 4.78 is 4.41. The van der Waals surface area contributed by atoms with Crippen molar-refractivity contribution in [3.8, 4) is 0 Å². The van der Waals surface area contributed by atoms with Crippen molar-refractivity contribution in [2.75, 3.05) is 18.4 Å². The Labute approximate surface area is 101 Å². The monoisotopic (exact) mass is 240 g/mol. The highest BCUT2D eigenvalue weighted by Gasteiger charge is 2.30. The van der Waals surface area contributed by atoms with Gasteiger partial charge in [0.2, 0.25) is 5.13 Å². The maximum Gasteiger partial charge on any atom is 0.203 e. The number of rotatable bonds is 2. The lowest BCUT2D eigenvalue weighted by atomic mass is 9.96. The Morgan fingerprint density at radius 1 is 1.44 bits per heavy atom. The van der Waals surface area contributed by atoms with Gasteiger partial charge < -0.3 is 10.6 Å². The maximum absolute atomic E-state index is 4.56. The molecule has 0 amide bonds. The molecule has 2 N–H and O–H groups in total. The van der Waals surface area contributed by atoms with E-state index < -0.39 is 0 Å². The first-order valence-electron chi connectivity index (χ1n) is 5.72. The zero-order valence-corrected chi connectivity index (χ0v) is 11.2. The molecule has 1 aromatic rings. The first kappa shape index (κ1) is 11.8. The van der Waals surface area contributed by atoms with Crippen LogP contribution in [0.25, 0.3) is 0 Å². The summed E-state index contributed by atoms with van der Waals surface area (Å²) >= 11 is 1.46. The van der Waals surface area contributed by atoms with Crippen LogP contribution in [-0.2, 0) is 5.41 Å². The lowest BCUT2D eigenvalue weighted by molar-refractivity contribution is 0.548. The minimum atomic E-state index is 0.0330. The molecule has 1 fully saturated rings. The van der Waals surface area contributed by atoms with E-state index >= 15 is 0 Å². The third-order valence-electron chi connectivity index (χ3n) is 2.87. The van der Waals surface area contributed by atoms with Crippen molar-refractivity contribution in [1.29, 1.82) is 0 Å². The van der Waals surface area contributed by atoms with Gasteiger partial charge in [-0.1, -0.05) is 20.8 Å². The van der Waals surface area contributed by atoms with Crippen molar-refractivity contribution in [3.63, 3.8) is 0 Å². The van der Waals surface area contributed by atoms with Crippen LogP contribution in [0, 0.1) is 0 Å². The highest BCUT2D eigenvalue weighted by Crippen LogP contribution is 2.26. The number of hydrogen-bond acceptors (Lipinski definition) is 5. The molecule has 0 aliphatic carbocycles. The zero-order valence-electron chi connectivity index (χ0n) is 10.4. The lowest BCUT2D eigenvalue weighted by Gasteiger charge is -2.23. The minimum absolute atomic E-state index is 0.0330. The van der Waals surface area contributed by atoms with Crippen molar-refractivity contribution in [1.82, 2.24) is 14.7 Å². The van der Waals surface area contributed by atoms with Gasteiger partial charge in [-0.05, 0) is 19.9 Å². The SMILES string of the molecule is CC1(Nc2nc(C(C)(C)C)ns2)CCNC1. The van der Waals surface area contributed by atoms with Crippen LogP contribution in [0.5, 0.6) is 0 Å². The Bertz CT molecular complexity index is 360. The van der Waals surface area contributed by atoms with Gasteiger partial charge in [-0.2, -0.15) is 4.37 Å². The van der Waals surface area contributed by atoms with Crippen molar-refractivity contribution in [2.24, 2.45) is 0 Å². The van der Waals surface area contributed by atoms with Crippen LogP contribution in [0.15, 0.2) is 0 Å². The van der Waals surface area contributed by atoms with Crippen molar-refractivity contribution in [3.05, 3.63) is 5.82 Å². The second kappa shape index (κ2) is 3.96. The van der Waals surface area contributed by atoms with Gasteiger partial charge in [-0.15, -0.1) is 0 Å². The average molecular weight is 240 g/mol. The molecule has 90 valence electrons. The van der Waals surface area contributed by atoms with E-state index in [1.165, 1.54) is 11.5 Å². The van der Waals surface area contributed by atoms with Crippen LogP contribution < -0.4 is 10.6 Å². The first-order chi connectivity index (χ1) is 7.39. The molecule has 16 heavy (non-hydrogen) atoms. The third kappa shape index (κ3) is 2.52. The fraction of sp³-hybridized carbons (Fsp3) is 0.818. The molecule has 1 aromatic heterocycles. The summed E-state index contributed by atoms with van der Waals surface area (Å²) in [5, 5.41) is 7.80. The molecule has 0 bridgehead atoms. The number of hydrogen-bond donors (Lipinski definition) is 2. The molecule has 0 aromatic carbocycles. The van der Waals surface area contributed by atoms with Crippen LogP contribution in [0.2, 0.25) is 0 Å². The average Bonchev–Trinajstić information content (AvgIpc) is 2.74. The summed E-state index contributed by atoms with van der Waals surface area (Å²) in [5.74, 6) is 0.926. The Morgan fingerprint density at radius 2 is 2.19 bits per heavy atom. The molecule has 0 saturated carbocycles. The molecule has 4 nitrogen and oxygen atoms in total. The summed E-state index contributed by atoms with van der Waals surface area (Å²) in [4.78, 5) is 4.56. The van der Waals surface area contributed by atoms with Gasteiger partial charge in [-0.25, -0.2) is 4.98 Å². The van der Waals surface area contributed by atoms with Crippen LogP contribution in [0.3, 0.4) is 0 Å². The highest BCUT2D eigenvalue weighted by molar-refractivity contribution is 7.09. The summed E-state index contributed by atoms with van der Waals surface area (Å²) in [6.45, 7) is 10.7. The Morgan fingerprint density at radius 3 is 2.69 bits per heavy atom. The molecule has 1 aliphatic heterocycles. The molecule has 2 rings (SSSR count). The Hall–Kier alpha value is -0.680. The number of nitrogens with zero attached hydrogens (tertiary/aromatic N) is 2. The summed E-state index contributed by atoms with van der Waals surface area (Å²) in [7, 11) is 0. The summed E-state index contributed by atoms with van der Waals surface area (Å²) in [6, 6.07) is 0. The van der Waals surface area contributed by atoms with E-state index in [0.29, 0.717) is 0 Å². The van der Waals surface area contributed by atoms with Crippen LogP contribution in [0.4, 0.5) is 5.13 Å². The number of anilines is 1. The highest BCUT2D eigenvalue weighted by atomic mass is 32.1. The molecular weight excluding hydrogens is 220 g/mol. The third-order valence-corrected chi connectivity index (χ3v) is 3.50. The van der Waals surface area contributed by atoms with E-state index in [1.54, 1.807) is 0 Å². The van der Waals surface area contributed by atoms with Crippen molar-refractivity contribution < 1.29 is 0 Å². The van der Waals surface area contributed by atoms with Crippen molar-refractivity contribution in [2.45, 2.75) is 45.1 Å². The molecular formula is C11H20N4S. The van der Waals surface area contributed by atoms with Gasteiger partial charge in [0.1, 0.15) is 5.82 Å². The lowest BCUT2D eigenvalue weighted by Crippen LogP contribution is -2.36. The molecule has 5 heteroatoms. The predicted octanol–water partition coefficient (Wildman–Crippen LogP) is 2.00. The second-order valence-corrected chi connectivity index (χ2v) is 6.54. The zero-order chi connectivity index (χ0) is 11.8. The van der Waals surface area contributed by atoms with Gasteiger partial charge in [0.05, 0.1) is 5.54 Å². The summed E-state index contributed by atoms with van der Waals surface area (Å²) in [6.07, 6.45) is 1.14. The van der Waals surface area contributed by atoms with Gasteiger partial charge in [0, 0.05) is 23.5 Å². The molecule has 1 aliphatic rings. The first-order valence-corrected chi connectivity index (χ1v) is 6.50. The van der Waals surface area contributed by atoms with Gasteiger partial charge in [-0.3, -0.25) is 0 Å². The topological polar surface area (TPSA) is 49.8 Å². The van der Waals surface area contributed by atoms with Gasteiger partial charge in [0.25, 0.3) is 0 Å². The smallest absolute Gasteiger partial charge is 0.203 e. The van der Waals surface area contributed by atoms with E-state index in [9.17, 15) is 0 Å². The standard InChI is InChI=1S/C11H20N4S/c1-10(2,3)8-13-9(16-15-8)14-11(4)5-6-12-7-11/h12H,5-7H2,1-4H3,(H,13,14,15). The quantitative estimate of drug-likeness (QED) is 0.830. The molecule has 0 spiro atoms. The predicted molar refractivity (Wildman–Crippen MR) is 68.1 cm³/mol. The molecule has 2 heterocycles. The number of aromatic nitrogens is 2. The number of nitrogens with one attached hydrogen (secondary N) is 2. The fourth-order valence-corrected chi connectivity index (χ4v) is 2.67. The van der Waals surface area contributed by atoms with E-state index in [0.717, 1.165) is 30.5 Å². The maximum atomic E-state index is 4.56. The normalized spacial score (nSPS) is 26.0. The summed E-state index contributed by atoms with van der Waals surface area (Å²) in [5.41, 5.74) is 0.167. The van der Waals surface area contributed by atoms with E-state index in [4.69, 9.17) is 0 Å². The van der Waals surface area contributed by atoms with Gasteiger partial charge in [0.15, 0.2) is 0 Å². The Kier molecular flexibility index (Phi) is 2.92. The van der Waals surface area contributed by atoms with Crippen LogP contribution in [-0.4, -0.2) is 28.0 Å². The van der Waals surface area contributed by atoms with Crippen molar-refractivity contribution >= 4 is 16.7 Å². The fourth-order valence-electron chi connectivity index (χ4n) is 1.76. The van der Waals surface area contributed by atoms with E-state index in [1.807, 2.05) is 0 Å². The van der Waals surface area contributed by atoms with Gasteiger partial charge >= 0.3 is 0 Å². The Balaban J connectivity index is 2.08. The molecule has 1 atom stereocenters. The molecule has 1 saturated heterocycles. The molecule has 0 radical (unpaired) electrons. The minimum Gasteiger partial charge on any atom is -0.354 e. The van der Waals surface area contributed by atoms with E-state index in [2.05, 4.69) is 47.7 Å².